The number of hydrogen-bond acceptors (Lipinski definition) is 5. The largest absolute Gasteiger partial charge is 0.494 e. The molecular weight excluding hydrogens is 319 g/mol. The van der Waals surface area contributed by atoms with Gasteiger partial charge in [0.05, 0.1) is 13.7 Å². The van der Waals surface area contributed by atoms with Gasteiger partial charge in [0.2, 0.25) is 5.91 Å². The summed E-state index contributed by atoms with van der Waals surface area (Å²) < 4.78 is 23.1. The van der Waals surface area contributed by atoms with E-state index in [1.165, 1.54) is 39.4 Å². The number of benzene rings is 1. The molecule has 0 atom stereocenters. The lowest BCUT2D eigenvalue weighted by atomic mass is 10.2. The van der Waals surface area contributed by atoms with Crippen LogP contribution in [0.1, 0.15) is 5.56 Å². The van der Waals surface area contributed by atoms with Crippen LogP contribution < -0.4 is 10.1 Å². The maximum atomic E-state index is 13.5. The lowest BCUT2D eigenvalue weighted by Crippen LogP contribution is -2.38. The summed E-state index contributed by atoms with van der Waals surface area (Å²) in [7, 11) is 4.22. The molecule has 130 valence electrons. The Labute approximate surface area is 139 Å². The number of halogens is 1. The van der Waals surface area contributed by atoms with Crippen molar-refractivity contribution in [2.45, 2.75) is 0 Å². The summed E-state index contributed by atoms with van der Waals surface area (Å²) in [6, 6.07) is 4.19. The third-order valence-electron chi connectivity index (χ3n) is 3.01. The van der Waals surface area contributed by atoms with Crippen molar-refractivity contribution in [3.05, 3.63) is 35.7 Å². The van der Waals surface area contributed by atoms with Crippen molar-refractivity contribution in [3.8, 4) is 5.75 Å². The van der Waals surface area contributed by atoms with Gasteiger partial charge < -0.3 is 19.7 Å². The number of esters is 1. The van der Waals surface area contributed by atoms with Crippen molar-refractivity contribution in [2.75, 3.05) is 34.4 Å². The average molecular weight is 338 g/mol. The zero-order valence-corrected chi connectivity index (χ0v) is 13.7. The monoisotopic (exact) mass is 338 g/mol. The number of hydrogen-bond donors (Lipinski definition) is 1. The maximum Gasteiger partial charge on any atom is 0.331 e. The van der Waals surface area contributed by atoms with E-state index in [1.807, 2.05) is 0 Å². The summed E-state index contributed by atoms with van der Waals surface area (Å²) >= 11 is 0. The van der Waals surface area contributed by atoms with Gasteiger partial charge in [-0.25, -0.2) is 9.18 Å². The normalized spacial score (nSPS) is 10.3. The summed E-state index contributed by atoms with van der Waals surface area (Å²) in [6.45, 7) is -0.624. The Hall–Kier alpha value is -2.90. The van der Waals surface area contributed by atoms with E-state index in [4.69, 9.17) is 9.47 Å². The third kappa shape index (κ3) is 6.07. The second-order valence-corrected chi connectivity index (χ2v) is 4.76. The molecule has 0 spiro atoms. The summed E-state index contributed by atoms with van der Waals surface area (Å²) in [5.41, 5.74) is 0.438. The van der Waals surface area contributed by atoms with E-state index in [2.05, 4.69) is 5.32 Å². The highest BCUT2D eigenvalue weighted by Crippen LogP contribution is 2.18. The van der Waals surface area contributed by atoms with Gasteiger partial charge in [-0.15, -0.1) is 0 Å². The Bertz CT molecular complexity index is 645. The minimum Gasteiger partial charge on any atom is -0.494 e. The van der Waals surface area contributed by atoms with Crippen LogP contribution in [0.25, 0.3) is 6.08 Å². The molecule has 1 rings (SSSR count). The number of rotatable bonds is 7. The molecule has 0 saturated carbocycles. The molecule has 0 radical (unpaired) electrons. The second-order valence-electron chi connectivity index (χ2n) is 4.76. The van der Waals surface area contributed by atoms with Crippen molar-refractivity contribution in [3.63, 3.8) is 0 Å². The Morgan fingerprint density at radius 1 is 1.33 bits per heavy atom. The van der Waals surface area contributed by atoms with E-state index in [0.717, 1.165) is 11.0 Å². The molecule has 7 nitrogen and oxygen atoms in total. The molecule has 1 aromatic rings. The van der Waals surface area contributed by atoms with Gasteiger partial charge in [-0.2, -0.15) is 0 Å². The smallest absolute Gasteiger partial charge is 0.331 e. The predicted molar refractivity (Wildman–Crippen MR) is 84.6 cm³/mol. The fourth-order valence-electron chi connectivity index (χ4n) is 1.62. The first-order chi connectivity index (χ1) is 11.4. The van der Waals surface area contributed by atoms with E-state index in [-0.39, 0.29) is 18.2 Å². The summed E-state index contributed by atoms with van der Waals surface area (Å²) in [6.07, 6.45) is 2.43. The fraction of sp³-hybridized carbons (Fsp3) is 0.312. The van der Waals surface area contributed by atoms with Crippen molar-refractivity contribution in [1.82, 2.24) is 10.2 Å². The molecule has 2 amide bonds. The maximum absolute atomic E-state index is 13.5. The van der Waals surface area contributed by atoms with Gasteiger partial charge in [-0.1, -0.05) is 6.07 Å². The highest BCUT2D eigenvalue weighted by molar-refractivity contribution is 5.90. The number of nitrogens with one attached hydrogen (secondary N) is 1. The van der Waals surface area contributed by atoms with Gasteiger partial charge in [0.15, 0.2) is 18.2 Å². The number of carbonyl (C=O) groups is 3. The standard InChI is InChI=1S/C16H19FN2O5/c1-18-14(20)9-19(2)15(21)10-24-16(22)7-5-11-4-6-13(23-3)12(17)8-11/h4-8H,9-10H2,1-3H3,(H,18,20)/b7-5+. The number of likely N-dealkylation sites (N-methyl/N-ethyl adjacent to an activating group) is 2. The van der Waals surface area contributed by atoms with Crippen LogP contribution in [0, 0.1) is 5.82 Å². The van der Waals surface area contributed by atoms with E-state index < -0.39 is 24.3 Å². The number of ether oxygens (including phenoxy) is 2. The molecule has 1 N–H and O–H groups in total. The quantitative estimate of drug-likeness (QED) is 0.581. The minimum atomic E-state index is -0.757. The molecule has 0 saturated heterocycles. The SMILES string of the molecule is CNC(=O)CN(C)C(=O)COC(=O)/C=C/c1ccc(OC)c(F)c1. The zero-order chi connectivity index (χ0) is 18.1. The third-order valence-corrected chi connectivity index (χ3v) is 3.01. The first-order valence-electron chi connectivity index (χ1n) is 7.00. The van der Waals surface area contributed by atoms with Crippen LogP contribution in [0.4, 0.5) is 4.39 Å². The Morgan fingerprint density at radius 3 is 2.62 bits per heavy atom. The molecule has 0 aliphatic rings. The first-order valence-corrected chi connectivity index (χ1v) is 7.00. The minimum absolute atomic E-state index is 0.0967. The fourth-order valence-corrected chi connectivity index (χ4v) is 1.62. The van der Waals surface area contributed by atoms with Crippen LogP contribution >= 0.6 is 0 Å². The summed E-state index contributed by atoms with van der Waals surface area (Å²) in [4.78, 5) is 35.5. The van der Waals surface area contributed by atoms with Gasteiger partial charge in [0.1, 0.15) is 0 Å². The molecule has 0 heterocycles. The summed E-state index contributed by atoms with van der Waals surface area (Å²) in [5.74, 6) is -2.07. The Balaban J connectivity index is 2.50. The number of carbonyl (C=O) groups excluding carboxylic acids is 3. The van der Waals surface area contributed by atoms with E-state index in [0.29, 0.717) is 5.56 Å². The number of amides is 2. The molecule has 0 aromatic heterocycles. The average Bonchev–Trinajstić information content (AvgIpc) is 2.57. The van der Waals surface area contributed by atoms with Crippen LogP contribution in [-0.4, -0.2) is 57.0 Å². The van der Waals surface area contributed by atoms with Crippen molar-refractivity contribution < 1.29 is 28.2 Å². The molecule has 0 fully saturated rings. The topological polar surface area (TPSA) is 84.9 Å². The molecule has 0 bridgehead atoms. The molecule has 0 aliphatic carbocycles. The van der Waals surface area contributed by atoms with Crippen LogP contribution in [0.5, 0.6) is 5.75 Å². The second kappa shape index (κ2) is 9.29. The van der Waals surface area contributed by atoms with Crippen LogP contribution in [0.15, 0.2) is 24.3 Å². The highest BCUT2D eigenvalue weighted by atomic mass is 19.1. The van der Waals surface area contributed by atoms with Crippen LogP contribution in [0.3, 0.4) is 0 Å². The Kier molecular flexibility index (Phi) is 7.41. The molecule has 1 aromatic carbocycles. The van der Waals surface area contributed by atoms with Gasteiger partial charge in [-0.05, 0) is 23.8 Å². The molecular formula is C16H19FN2O5. The Morgan fingerprint density at radius 2 is 2.04 bits per heavy atom. The molecule has 8 heteroatoms. The van der Waals surface area contributed by atoms with Crippen molar-refractivity contribution in [2.24, 2.45) is 0 Å². The number of methoxy groups -OCH3 is 1. The van der Waals surface area contributed by atoms with E-state index in [9.17, 15) is 18.8 Å². The molecule has 24 heavy (non-hydrogen) atoms. The summed E-state index contributed by atoms with van der Waals surface area (Å²) in [5, 5.41) is 2.38. The number of nitrogens with zero attached hydrogens (tertiary/aromatic N) is 1. The van der Waals surface area contributed by atoms with Crippen LogP contribution in [-0.2, 0) is 19.1 Å². The molecule has 0 unspecified atom stereocenters. The van der Waals surface area contributed by atoms with Gasteiger partial charge >= 0.3 is 5.97 Å². The first kappa shape index (κ1) is 19.1. The van der Waals surface area contributed by atoms with Gasteiger partial charge in [-0.3, -0.25) is 9.59 Å². The zero-order valence-electron chi connectivity index (χ0n) is 13.7. The van der Waals surface area contributed by atoms with Crippen molar-refractivity contribution in [1.29, 1.82) is 0 Å². The predicted octanol–water partition coefficient (Wildman–Crippen LogP) is 0.595. The van der Waals surface area contributed by atoms with E-state index in [1.54, 1.807) is 6.07 Å². The van der Waals surface area contributed by atoms with Crippen molar-refractivity contribution >= 4 is 23.9 Å². The lowest BCUT2D eigenvalue weighted by molar-refractivity contribution is -0.148. The van der Waals surface area contributed by atoms with Gasteiger partial charge in [0, 0.05) is 20.2 Å². The van der Waals surface area contributed by atoms with Crippen LogP contribution in [0.2, 0.25) is 0 Å². The highest BCUT2D eigenvalue weighted by Gasteiger charge is 2.13. The molecule has 0 aliphatic heterocycles. The lowest BCUT2D eigenvalue weighted by Gasteiger charge is -2.15. The van der Waals surface area contributed by atoms with E-state index >= 15 is 0 Å². The van der Waals surface area contributed by atoms with Gasteiger partial charge in [0.25, 0.3) is 5.91 Å².